The lowest BCUT2D eigenvalue weighted by Crippen LogP contribution is -2.53. The van der Waals surface area contributed by atoms with Gasteiger partial charge in [0.05, 0.1) is 0 Å². The van der Waals surface area contributed by atoms with E-state index in [2.05, 4.69) is 22.8 Å². The highest BCUT2D eigenvalue weighted by Gasteiger charge is 2.40. The third kappa shape index (κ3) is 3.94. The topological polar surface area (TPSA) is 81.8 Å². The van der Waals surface area contributed by atoms with E-state index in [0.717, 1.165) is 31.6 Å². The molecule has 0 spiro atoms. The summed E-state index contributed by atoms with van der Waals surface area (Å²) in [7, 11) is 0. The minimum Gasteiger partial charge on any atom is -0.317 e. The van der Waals surface area contributed by atoms with E-state index < -0.39 is 6.04 Å². The molecule has 3 aliphatic rings. The molecule has 1 aromatic carbocycles. The smallest absolute Gasteiger partial charge is 0.317 e. The molecule has 0 aliphatic carbocycles. The molecule has 7 nitrogen and oxygen atoms in total. The number of halogens is 1. The van der Waals surface area contributed by atoms with Crippen LogP contribution in [0.15, 0.2) is 24.3 Å². The van der Waals surface area contributed by atoms with Crippen LogP contribution < -0.4 is 15.5 Å². The summed E-state index contributed by atoms with van der Waals surface area (Å²) < 4.78 is 0. The molecule has 2 N–H and O–H groups in total. The molecule has 8 heteroatoms. The highest BCUT2D eigenvalue weighted by molar-refractivity contribution is 6.03. The lowest BCUT2D eigenvalue weighted by atomic mass is 9.90. The van der Waals surface area contributed by atoms with E-state index in [1.165, 1.54) is 5.56 Å². The molecule has 0 saturated carbocycles. The zero-order valence-electron chi connectivity index (χ0n) is 15.1. The third-order valence-electron chi connectivity index (χ3n) is 5.64. The summed E-state index contributed by atoms with van der Waals surface area (Å²) in [6, 6.07) is 7.54. The quantitative estimate of drug-likeness (QED) is 0.766. The van der Waals surface area contributed by atoms with Crippen molar-refractivity contribution >= 4 is 35.9 Å². The SMILES string of the molecule is Cl.O=C1CCC(N2CCN(c3ccc(C4CCNCC4)cc3)C2=O)C(=O)N1. The van der Waals surface area contributed by atoms with Gasteiger partial charge in [0.25, 0.3) is 0 Å². The van der Waals surface area contributed by atoms with Crippen molar-refractivity contribution in [1.29, 1.82) is 0 Å². The van der Waals surface area contributed by atoms with Crippen molar-refractivity contribution < 1.29 is 14.4 Å². The monoisotopic (exact) mass is 392 g/mol. The lowest BCUT2D eigenvalue weighted by molar-refractivity contribution is -0.136. The molecular weight excluding hydrogens is 368 g/mol. The van der Waals surface area contributed by atoms with Gasteiger partial charge in [0.2, 0.25) is 11.8 Å². The molecule has 4 amide bonds. The Hall–Kier alpha value is -2.12. The number of urea groups is 1. The van der Waals surface area contributed by atoms with Crippen LogP contribution in [-0.2, 0) is 9.59 Å². The first-order valence-electron chi connectivity index (χ1n) is 9.36. The first-order chi connectivity index (χ1) is 12.6. The normalized spacial score (nSPS) is 24.0. The molecule has 3 fully saturated rings. The van der Waals surface area contributed by atoms with Crippen molar-refractivity contribution in [2.45, 2.75) is 37.6 Å². The highest BCUT2D eigenvalue weighted by Crippen LogP contribution is 2.29. The molecule has 3 saturated heterocycles. The largest absolute Gasteiger partial charge is 0.325 e. The zero-order chi connectivity index (χ0) is 18.1. The van der Waals surface area contributed by atoms with Crippen LogP contribution in [0.1, 0.15) is 37.2 Å². The number of hydrogen-bond donors (Lipinski definition) is 2. The molecule has 146 valence electrons. The molecule has 1 atom stereocenters. The number of rotatable bonds is 3. The fourth-order valence-corrected chi connectivity index (χ4v) is 4.14. The fourth-order valence-electron chi connectivity index (χ4n) is 4.14. The number of carbonyl (C=O) groups excluding carboxylic acids is 3. The Morgan fingerprint density at radius 3 is 2.30 bits per heavy atom. The molecule has 1 unspecified atom stereocenters. The Labute approximate surface area is 164 Å². The Balaban J connectivity index is 0.00000210. The van der Waals surface area contributed by atoms with Crippen molar-refractivity contribution in [2.24, 2.45) is 0 Å². The summed E-state index contributed by atoms with van der Waals surface area (Å²) in [4.78, 5) is 39.5. The minimum absolute atomic E-state index is 0. The molecule has 0 bridgehead atoms. The molecule has 27 heavy (non-hydrogen) atoms. The van der Waals surface area contributed by atoms with Gasteiger partial charge in [-0.05, 0) is 56.0 Å². The first-order valence-corrected chi connectivity index (χ1v) is 9.36. The van der Waals surface area contributed by atoms with Crippen LogP contribution in [0.25, 0.3) is 0 Å². The predicted molar refractivity (Wildman–Crippen MR) is 104 cm³/mol. The van der Waals surface area contributed by atoms with E-state index >= 15 is 0 Å². The van der Waals surface area contributed by atoms with E-state index in [1.807, 2.05) is 12.1 Å². The summed E-state index contributed by atoms with van der Waals surface area (Å²) >= 11 is 0. The maximum Gasteiger partial charge on any atom is 0.325 e. The molecule has 1 aromatic rings. The average molecular weight is 393 g/mol. The van der Waals surface area contributed by atoms with Gasteiger partial charge in [0.15, 0.2) is 0 Å². The molecule has 3 heterocycles. The van der Waals surface area contributed by atoms with Crippen molar-refractivity contribution in [3.8, 4) is 0 Å². The van der Waals surface area contributed by atoms with Gasteiger partial charge in [-0.3, -0.25) is 19.8 Å². The number of nitrogens with zero attached hydrogens (tertiary/aromatic N) is 2. The number of hydrogen-bond acceptors (Lipinski definition) is 4. The van der Waals surface area contributed by atoms with Gasteiger partial charge < -0.3 is 10.2 Å². The van der Waals surface area contributed by atoms with Crippen LogP contribution in [-0.4, -0.2) is 55.0 Å². The standard InChI is InChI=1S/C19H24N4O3.ClH/c24-17-6-5-16(18(25)21-17)23-12-11-22(19(23)26)15-3-1-13(2-4-15)14-7-9-20-10-8-14;/h1-4,14,16,20H,5-12H2,(H,21,24,25);1H. The minimum atomic E-state index is -0.542. The van der Waals surface area contributed by atoms with Crippen LogP contribution in [0.3, 0.4) is 0 Å². The number of nitrogens with one attached hydrogen (secondary N) is 2. The molecular formula is C19H25ClN4O3. The molecule has 3 aliphatic heterocycles. The molecule has 0 radical (unpaired) electrons. The van der Waals surface area contributed by atoms with E-state index in [4.69, 9.17) is 0 Å². The summed E-state index contributed by atoms with van der Waals surface area (Å²) in [5.41, 5.74) is 2.19. The van der Waals surface area contributed by atoms with Gasteiger partial charge in [-0.1, -0.05) is 12.1 Å². The summed E-state index contributed by atoms with van der Waals surface area (Å²) in [6.07, 6.45) is 2.97. The summed E-state index contributed by atoms with van der Waals surface area (Å²) in [6.45, 7) is 3.17. The number of anilines is 1. The number of amides is 4. The second-order valence-electron chi connectivity index (χ2n) is 7.21. The Morgan fingerprint density at radius 2 is 1.63 bits per heavy atom. The number of piperidine rings is 2. The van der Waals surface area contributed by atoms with E-state index in [1.54, 1.807) is 9.80 Å². The van der Waals surface area contributed by atoms with Gasteiger partial charge in [-0.2, -0.15) is 0 Å². The molecule has 0 aromatic heterocycles. The van der Waals surface area contributed by atoms with Crippen molar-refractivity contribution in [2.75, 3.05) is 31.1 Å². The van der Waals surface area contributed by atoms with Crippen molar-refractivity contribution in [1.82, 2.24) is 15.5 Å². The van der Waals surface area contributed by atoms with E-state index in [9.17, 15) is 14.4 Å². The van der Waals surface area contributed by atoms with Gasteiger partial charge in [-0.15, -0.1) is 12.4 Å². The second kappa shape index (κ2) is 8.27. The number of benzene rings is 1. The average Bonchev–Trinajstić information content (AvgIpc) is 3.04. The Bertz CT molecular complexity index is 718. The number of carbonyl (C=O) groups is 3. The van der Waals surface area contributed by atoms with Crippen molar-refractivity contribution in [3.05, 3.63) is 29.8 Å². The van der Waals surface area contributed by atoms with Gasteiger partial charge in [0.1, 0.15) is 6.04 Å². The maximum atomic E-state index is 12.8. The van der Waals surface area contributed by atoms with Crippen LogP contribution in [0.5, 0.6) is 0 Å². The van der Waals surface area contributed by atoms with E-state index in [-0.39, 0.29) is 36.7 Å². The maximum absolute atomic E-state index is 12.8. The second-order valence-corrected chi connectivity index (χ2v) is 7.21. The predicted octanol–water partition coefficient (Wildman–Crippen LogP) is 1.62. The fraction of sp³-hybridized carbons (Fsp3) is 0.526. The van der Waals surface area contributed by atoms with Gasteiger partial charge >= 0.3 is 6.03 Å². The Kier molecular flexibility index (Phi) is 6.01. The Morgan fingerprint density at radius 1 is 0.926 bits per heavy atom. The summed E-state index contributed by atoms with van der Waals surface area (Å²) in [5.74, 6) is -0.0412. The third-order valence-corrected chi connectivity index (χ3v) is 5.64. The van der Waals surface area contributed by atoms with Gasteiger partial charge in [0, 0.05) is 25.2 Å². The van der Waals surface area contributed by atoms with Crippen molar-refractivity contribution in [3.63, 3.8) is 0 Å². The number of imide groups is 1. The summed E-state index contributed by atoms with van der Waals surface area (Å²) in [5, 5.41) is 5.71. The van der Waals surface area contributed by atoms with Crippen LogP contribution >= 0.6 is 12.4 Å². The zero-order valence-corrected chi connectivity index (χ0v) is 16.0. The molecule has 4 rings (SSSR count). The van der Waals surface area contributed by atoms with E-state index in [0.29, 0.717) is 25.4 Å². The van der Waals surface area contributed by atoms with Crippen LogP contribution in [0, 0.1) is 0 Å². The first kappa shape index (κ1) is 19.6. The van der Waals surface area contributed by atoms with Crippen LogP contribution in [0.4, 0.5) is 10.5 Å². The van der Waals surface area contributed by atoms with Crippen LogP contribution in [0.2, 0.25) is 0 Å². The lowest BCUT2D eigenvalue weighted by Gasteiger charge is -2.29. The van der Waals surface area contributed by atoms with Gasteiger partial charge in [-0.25, -0.2) is 4.79 Å². The highest BCUT2D eigenvalue weighted by atomic mass is 35.5.